The Hall–Kier alpha value is -6.18. The number of benzene rings is 3. The summed E-state index contributed by atoms with van der Waals surface area (Å²) in [6, 6.07) is 16.2. The molecule has 3 aliphatic heterocycles. The van der Waals surface area contributed by atoms with Gasteiger partial charge in [-0.05, 0) is 56.2 Å². The summed E-state index contributed by atoms with van der Waals surface area (Å²) in [4.78, 5) is 40.4. The third-order valence-electron chi connectivity index (χ3n) is 13.3. The number of non-ortho nitro benzene ring substituents is 1. The lowest BCUT2D eigenvalue weighted by Gasteiger charge is -2.29. The number of nitrogens with zero attached hydrogens (tertiary/aromatic N) is 7. The molecule has 6 N–H and O–H groups in total. The Morgan fingerprint density at radius 3 is 1.58 bits per heavy atom. The van der Waals surface area contributed by atoms with Gasteiger partial charge in [-0.25, -0.2) is 0 Å². The molecule has 0 aliphatic carbocycles. The summed E-state index contributed by atoms with van der Waals surface area (Å²) in [7, 11) is 6.00. The molecule has 6 heterocycles. The Morgan fingerprint density at radius 1 is 0.636 bits per heavy atom. The van der Waals surface area contributed by atoms with Crippen molar-refractivity contribution in [3.8, 4) is 0 Å². The number of fused-ring (bicyclic) bond motifs is 3. The highest BCUT2D eigenvalue weighted by Gasteiger charge is 2.29. The van der Waals surface area contributed by atoms with Gasteiger partial charge in [0.25, 0.3) is 5.69 Å². The second-order valence-electron chi connectivity index (χ2n) is 17.2. The van der Waals surface area contributed by atoms with Gasteiger partial charge in [-0.2, -0.15) is 0 Å². The quantitative estimate of drug-likeness (QED) is 0.107. The molecule has 0 bridgehead atoms. The van der Waals surface area contributed by atoms with Crippen molar-refractivity contribution in [1.82, 2.24) is 13.7 Å². The minimum atomic E-state index is -1.13. The zero-order chi connectivity index (χ0) is 47.4. The molecule has 0 spiro atoms. The number of anilines is 3. The van der Waals surface area contributed by atoms with Crippen molar-refractivity contribution in [2.24, 2.45) is 32.6 Å². The molecule has 18 heteroatoms. The number of aromatic nitrogens is 3. The van der Waals surface area contributed by atoms with Gasteiger partial charge in [0.05, 0.1) is 83.6 Å². The fourth-order valence-electron chi connectivity index (χ4n) is 9.43. The van der Waals surface area contributed by atoms with E-state index in [9.17, 15) is 19.7 Å². The highest BCUT2D eigenvalue weighted by Crippen LogP contribution is 2.40. The Labute approximate surface area is 383 Å². The van der Waals surface area contributed by atoms with E-state index in [0.29, 0.717) is 43.7 Å². The van der Waals surface area contributed by atoms with Crippen molar-refractivity contribution >= 4 is 67.4 Å². The number of carbonyl (C=O) groups is 2. The Bertz CT molecular complexity index is 2720. The first-order valence-corrected chi connectivity index (χ1v) is 22.4. The zero-order valence-corrected chi connectivity index (χ0v) is 38.8. The molecule has 3 fully saturated rings. The number of rotatable bonds is 10. The molecular formula is C48H63N9O9. The van der Waals surface area contributed by atoms with Crippen LogP contribution in [0.2, 0.25) is 0 Å². The van der Waals surface area contributed by atoms with E-state index < -0.39 is 28.9 Å². The smallest absolute Gasteiger partial charge is 0.320 e. The molecule has 18 nitrogen and oxygen atoms in total. The lowest BCUT2D eigenvalue weighted by atomic mass is 10.0. The van der Waals surface area contributed by atoms with Crippen molar-refractivity contribution in [3.05, 3.63) is 92.9 Å². The third kappa shape index (κ3) is 9.69. The Kier molecular flexibility index (Phi) is 14.9. The number of nitrogens with two attached hydrogens (primary N) is 2. The van der Waals surface area contributed by atoms with Crippen molar-refractivity contribution in [3.63, 3.8) is 0 Å². The van der Waals surface area contributed by atoms with Crippen molar-refractivity contribution < 1.29 is 38.9 Å². The number of hydrogen-bond donors (Lipinski definition) is 4. The number of nitro benzene ring substituents is 1. The summed E-state index contributed by atoms with van der Waals surface area (Å²) in [5, 5.41) is 32.8. The van der Waals surface area contributed by atoms with Crippen LogP contribution < -0.4 is 26.2 Å². The molecule has 3 aromatic carbocycles. The highest BCUT2D eigenvalue weighted by atomic mass is 16.6. The lowest BCUT2D eigenvalue weighted by Crippen LogP contribution is -2.36. The van der Waals surface area contributed by atoms with Gasteiger partial charge in [0.15, 0.2) is 0 Å². The molecule has 9 rings (SSSR count). The van der Waals surface area contributed by atoms with E-state index in [2.05, 4.69) is 74.2 Å². The summed E-state index contributed by atoms with van der Waals surface area (Å²) >= 11 is 0. The predicted octanol–water partition coefficient (Wildman–Crippen LogP) is 4.79. The molecule has 3 aliphatic rings. The molecule has 0 saturated carbocycles. The number of nitro groups is 1. The van der Waals surface area contributed by atoms with Gasteiger partial charge in [-0.3, -0.25) is 19.7 Å². The van der Waals surface area contributed by atoms with Crippen LogP contribution in [0.3, 0.4) is 0 Å². The normalized spacial score (nSPS) is 16.5. The van der Waals surface area contributed by atoms with Crippen LogP contribution in [0, 0.1) is 30.9 Å². The van der Waals surface area contributed by atoms with Crippen molar-refractivity contribution in [2.45, 2.75) is 45.7 Å². The molecule has 0 radical (unpaired) electrons. The van der Waals surface area contributed by atoms with Gasteiger partial charge in [-0.1, -0.05) is 24.3 Å². The van der Waals surface area contributed by atoms with Gasteiger partial charge in [-0.15, -0.1) is 0 Å². The summed E-state index contributed by atoms with van der Waals surface area (Å²) in [5.74, 6) is -2.10. The largest absolute Gasteiger partial charge is 0.480 e. The molecule has 2 unspecified atom stereocenters. The van der Waals surface area contributed by atoms with E-state index in [1.54, 1.807) is 6.07 Å². The third-order valence-corrected chi connectivity index (χ3v) is 13.3. The number of hydrogen-bond acceptors (Lipinski definition) is 12. The zero-order valence-electron chi connectivity index (χ0n) is 38.8. The minimum absolute atomic E-state index is 0.0336. The predicted molar refractivity (Wildman–Crippen MR) is 257 cm³/mol. The molecule has 6 aromatic rings. The first-order chi connectivity index (χ1) is 31.6. The maximum Gasteiger partial charge on any atom is 0.320 e. The number of aliphatic carboxylic acids is 2. The monoisotopic (exact) mass is 909 g/mol. The van der Waals surface area contributed by atoms with Crippen LogP contribution in [0.25, 0.3) is 32.7 Å². The van der Waals surface area contributed by atoms with Crippen molar-refractivity contribution in [2.75, 3.05) is 93.6 Å². The first-order valence-electron chi connectivity index (χ1n) is 22.4. The van der Waals surface area contributed by atoms with Crippen LogP contribution in [0.15, 0.2) is 54.6 Å². The Morgan fingerprint density at radius 2 is 1.08 bits per heavy atom. The standard InChI is InChI=1S/C17H22N4O5.C17H23N3O3.C14H18N2O/c1-10-11(9-12(18)17(22)23)15-13(21(24)25)3-4-14(16(15)19(10)2)20-5-7-26-8-6-20;1-11-13(10-14(18)17(21)22)12-4-3-5-15(16(12)19(11)2)20-6-8-23-9-7-20;1-11-10-12-4-3-5-13(14(12)15(11)2)16-6-8-17-9-7-16/h3-4,12H,5-9,18H2,1-2H3,(H,22,23);3-5,14H,6-10,18H2,1-2H3,(H,21,22);3-5,10H,6-9H2,1-2H3. The second kappa shape index (κ2) is 20.6. The molecule has 66 heavy (non-hydrogen) atoms. The molecule has 354 valence electrons. The number of morpholine rings is 3. The van der Waals surface area contributed by atoms with Crippen molar-refractivity contribution in [1.29, 1.82) is 0 Å². The van der Waals surface area contributed by atoms with Gasteiger partial charge < -0.3 is 64.3 Å². The summed E-state index contributed by atoms with van der Waals surface area (Å²) in [6.45, 7) is 15.4. The summed E-state index contributed by atoms with van der Waals surface area (Å²) < 4.78 is 22.6. The fourth-order valence-corrected chi connectivity index (χ4v) is 9.43. The van der Waals surface area contributed by atoms with E-state index >= 15 is 0 Å². The maximum atomic E-state index is 11.6. The topological polar surface area (TPSA) is 222 Å². The second-order valence-corrected chi connectivity index (χ2v) is 17.2. The van der Waals surface area contributed by atoms with Gasteiger partial charge in [0, 0.05) is 107 Å². The number of carboxylic acids is 2. The van der Waals surface area contributed by atoms with E-state index in [1.807, 2.05) is 38.6 Å². The number of ether oxygens (including phenoxy) is 3. The van der Waals surface area contributed by atoms with E-state index in [-0.39, 0.29) is 12.1 Å². The van der Waals surface area contributed by atoms with Crippen LogP contribution in [0.4, 0.5) is 22.7 Å². The van der Waals surface area contributed by atoms with Crippen LogP contribution >= 0.6 is 0 Å². The van der Waals surface area contributed by atoms with E-state index in [1.165, 1.54) is 34.0 Å². The molecule has 3 saturated heterocycles. The lowest BCUT2D eigenvalue weighted by molar-refractivity contribution is -0.383. The summed E-state index contributed by atoms with van der Waals surface area (Å²) in [6.07, 6.45) is 0.372. The van der Waals surface area contributed by atoms with Gasteiger partial charge in [0.1, 0.15) is 12.1 Å². The maximum absolute atomic E-state index is 11.6. The van der Waals surface area contributed by atoms with Crippen LogP contribution in [0.5, 0.6) is 0 Å². The molecule has 2 atom stereocenters. The highest BCUT2D eigenvalue weighted by molar-refractivity contribution is 6.02. The van der Waals surface area contributed by atoms with Crippen LogP contribution in [-0.2, 0) is 57.8 Å². The molecule has 3 aromatic heterocycles. The van der Waals surface area contributed by atoms with Gasteiger partial charge >= 0.3 is 11.9 Å². The SMILES string of the molecule is Cc1c(CC(N)C(=O)O)c2c([N+](=O)[O-])ccc(N3CCOCC3)c2n1C.Cc1c(CC(N)C(=O)O)c2cccc(N3CCOCC3)c2n1C.Cc1cc2cccc(N3CCOCC3)c2n1C. The number of carboxylic acid groups (broad SMARTS) is 2. The van der Waals surface area contributed by atoms with E-state index in [0.717, 1.165) is 91.7 Å². The molecular weight excluding hydrogens is 847 g/mol. The fraction of sp³-hybridized carbons (Fsp3) is 0.458. The number of para-hydroxylation sites is 2. The Balaban J connectivity index is 0.000000150. The average molecular weight is 910 g/mol. The average Bonchev–Trinajstić information content (AvgIpc) is 3.86. The summed E-state index contributed by atoms with van der Waals surface area (Å²) in [5.41, 5.74) is 22.8. The number of aryl methyl sites for hydroxylation is 4. The first kappa shape index (κ1) is 47.8. The van der Waals surface area contributed by atoms with Gasteiger partial charge in [0.2, 0.25) is 0 Å². The molecule has 0 amide bonds. The minimum Gasteiger partial charge on any atom is -0.480 e. The van der Waals surface area contributed by atoms with Crippen LogP contribution in [-0.4, -0.2) is 132 Å². The van der Waals surface area contributed by atoms with E-state index in [4.69, 9.17) is 35.9 Å². The van der Waals surface area contributed by atoms with Crippen LogP contribution in [0.1, 0.15) is 28.2 Å².